The number of aryl methyl sites for hydroxylation is 2. The van der Waals surface area contributed by atoms with E-state index >= 15 is 0 Å². The molecule has 16 rings (SSSR count). The van der Waals surface area contributed by atoms with Crippen LogP contribution in [-0.2, 0) is 53.2 Å². The standard InChI is InChI=1S/2C32H23N2.C9H5F3N3.Ir/c2*1-33-21-34(32(26-11-6-3-7-12-26)31(33)25-9-4-2-5-10-25)28-20-18-24-16-15-22-13-8-14-23-17-19-27(28)30(24)29(22)23;10-9(11,12)8-5-7(14-15-8)6-3-1-2-4-13-6;/h2*2-12,14-15,17-19H,13,16H2,1H3;1-5H;/q3*-1;. The zero-order valence-corrected chi connectivity index (χ0v) is 48.2. The van der Waals surface area contributed by atoms with Gasteiger partial charge in [-0.15, -0.1) is 44.8 Å². The minimum atomic E-state index is -4.46. The van der Waals surface area contributed by atoms with Gasteiger partial charge in [-0.25, -0.2) is 0 Å². The number of benzene rings is 8. The van der Waals surface area contributed by atoms with Gasteiger partial charge in [0, 0.05) is 32.0 Å². The number of alkyl halides is 3. The summed E-state index contributed by atoms with van der Waals surface area (Å²) in [5.41, 5.74) is 21.9. The first-order valence-corrected chi connectivity index (χ1v) is 27.7. The van der Waals surface area contributed by atoms with E-state index < -0.39 is 11.9 Å². The predicted molar refractivity (Wildman–Crippen MR) is 322 cm³/mol. The number of pyridine rings is 1. The first kappa shape index (κ1) is 53.8. The predicted octanol–water partition coefficient (Wildman–Crippen LogP) is 15.6. The number of hydrogen-bond donors (Lipinski definition) is 0. The van der Waals surface area contributed by atoms with Crippen LogP contribution in [-0.4, -0.2) is 19.2 Å². The number of imidazole rings is 2. The summed E-state index contributed by atoms with van der Waals surface area (Å²) in [7, 11) is 4.16. The zero-order chi connectivity index (χ0) is 56.2. The Morgan fingerprint density at radius 3 is 1.38 bits per heavy atom. The topological polar surface area (TPSA) is 57.5 Å². The van der Waals surface area contributed by atoms with Crippen LogP contribution >= 0.6 is 0 Å². The van der Waals surface area contributed by atoms with Crippen LogP contribution in [0.5, 0.6) is 0 Å². The number of aromatic nitrogens is 7. The molecule has 11 heteroatoms. The van der Waals surface area contributed by atoms with Crippen LogP contribution in [0.15, 0.2) is 212 Å². The van der Waals surface area contributed by atoms with Crippen molar-refractivity contribution < 1.29 is 42.4 Å². The molecule has 8 aromatic carbocycles. The smallest absolute Gasteiger partial charge is 0.431 e. The van der Waals surface area contributed by atoms with E-state index in [-0.39, 0.29) is 25.8 Å². The minimum Gasteiger partial charge on any atom is -0.573 e. The summed E-state index contributed by atoms with van der Waals surface area (Å²) < 4.78 is 45.2. The van der Waals surface area contributed by atoms with E-state index in [9.17, 15) is 13.2 Å². The fraction of sp³-hybridized carbons (Fsp3) is 0.0959. The monoisotopic (exact) mass is 1280 g/mol. The van der Waals surface area contributed by atoms with E-state index in [4.69, 9.17) is 0 Å². The molecule has 12 aromatic rings. The van der Waals surface area contributed by atoms with Crippen molar-refractivity contribution in [1.29, 1.82) is 0 Å². The zero-order valence-electron chi connectivity index (χ0n) is 45.8. The molecule has 1 radical (unpaired) electrons. The Labute approximate surface area is 498 Å². The molecule has 4 aliphatic rings. The van der Waals surface area contributed by atoms with Crippen molar-refractivity contribution in [2.75, 3.05) is 0 Å². The molecular formula is C73H51F3IrN7-3. The molecule has 0 N–H and O–H groups in total. The quantitative estimate of drug-likeness (QED) is 0.118. The first-order valence-electron chi connectivity index (χ1n) is 27.7. The van der Waals surface area contributed by atoms with Gasteiger partial charge in [-0.1, -0.05) is 206 Å². The SMILES string of the molecule is C[n+]1[c-]n(-c2[c-]cc3c4c5c(ccc24)C=CCC5=CC3)c(-c2ccccc2)c1-c1ccccc1.C[n+]1[c-]n(-c2[c-]cc3c4c5c(ccc24)C=CCC5=CC3)c(-c2ccccc2)c1-c1ccccc1.FC(F)(F)c1cc(-c2ccccn2)[n-]n1.[Ir]. The second-order valence-electron chi connectivity index (χ2n) is 21.0. The van der Waals surface area contributed by atoms with Gasteiger partial charge in [0.15, 0.2) is 0 Å². The molecule has 0 unspecified atom stereocenters. The molecule has 0 fully saturated rings. The van der Waals surface area contributed by atoms with Crippen LogP contribution in [0.1, 0.15) is 51.9 Å². The number of hydrogen-bond acceptors (Lipinski definition) is 2. The van der Waals surface area contributed by atoms with Gasteiger partial charge in [0.2, 0.25) is 12.7 Å². The van der Waals surface area contributed by atoms with Crippen LogP contribution in [0.2, 0.25) is 0 Å². The number of allylic oxidation sites excluding steroid dienone is 6. The van der Waals surface area contributed by atoms with E-state index in [1.807, 2.05) is 0 Å². The normalized spacial score (nSPS) is 13.3. The van der Waals surface area contributed by atoms with Gasteiger partial charge in [0.25, 0.3) is 0 Å². The van der Waals surface area contributed by atoms with Crippen LogP contribution in [0.3, 0.4) is 0 Å². The first-order chi connectivity index (χ1) is 40.7. The Morgan fingerprint density at radius 1 is 0.524 bits per heavy atom. The third-order valence-electron chi connectivity index (χ3n) is 15.9. The minimum absolute atomic E-state index is 0. The molecule has 4 aromatic heterocycles. The van der Waals surface area contributed by atoms with E-state index in [1.165, 1.54) is 83.4 Å². The summed E-state index contributed by atoms with van der Waals surface area (Å²) in [6.07, 6.45) is 22.1. The van der Waals surface area contributed by atoms with Gasteiger partial charge in [0.05, 0.1) is 36.9 Å². The van der Waals surface area contributed by atoms with Crippen molar-refractivity contribution in [2.24, 2.45) is 14.1 Å². The molecule has 4 heterocycles. The molecule has 0 saturated heterocycles. The number of nitrogens with zero attached hydrogens (tertiary/aromatic N) is 7. The van der Waals surface area contributed by atoms with Gasteiger partial charge in [-0.2, -0.15) is 37.4 Å². The summed E-state index contributed by atoms with van der Waals surface area (Å²) in [6, 6.07) is 69.0. The van der Waals surface area contributed by atoms with Gasteiger partial charge in [-0.3, -0.25) is 4.98 Å². The fourth-order valence-corrected chi connectivity index (χ4v) is 12.2. The molecule has 0 aliphatic heterocycles. The molecule has 0 spiro atoms. The molecule has 0 bridgehead atoms. The van der Waals surface area contributed by atoms with Crippen LogP contribution < -0.4 is 14.2 Å². The van der Waals surface area contributed by atoms with Crippen LogP contribution in [0.25, 0.3) is 113 Å². The fourth-order valence-electron chi connectivity index (χ4n) is 12.2. The molecule has 84 heavy (non-hydrogen) atoms. The van der Waals surface area contributed by atoms with Crippen molar-refractivity contribution >= 4 is 44.8 Å². The van der Waals surface area contributed by atoms with Gasteiger partial charge in [-0.05, 0) is 86.7 Å². The van der Waals surface area contributed by atoms with Crippen molar-refractivity contribution in [3.63, 3.8) is 0 Å². The van der Waals surface area contributed by atoms with E-state index in [0.717, 1.165) is 77.0 Å². The van der Waals surface area contributed by atoms with Crippen LogP contribution in [0, 0.1) is 24.8 Å². The van der Waals surface area contributed by atoms with E-state index in [1.54, 1.807) is 18.2 Å². The third kappa shape index (κ3) is 9.69. The molecular weight excluding hydrogens is 1220 g/mol. The van der Waals surface area contributed by atoms with Crippen molar-refractivity contribution in [1.82, 2.24) is 24.3 Å². The van der Waals surface area contributed by atoms with E-state index in [0.29, 0.717) is 5.69 Å². The summed E-state index contributed by atoms with van der Waals surface area (Å²) in [4.78, 5) is 3.87. The van der Waals surface area contributed by atoms with Crippen molar-refractivity contribution in [3.8, 4) is 67.8 Å². The summed E-state index contributed by atoms with van der Waals surface area (Å²) in [5, 5.41) is 11.7. The maximum absolute atomic E-state index is 12.2. The van der Waals surface area contributed by atoms with Crippen LogP contribution in [0.4, 0.5) is 13.2 Å². The molecule has 0 atom stereocenters. The molecule has 7 nitrogen and oxygen atoms in total. The molecule has 4 aliphatic carbocycles. The summed E-state index contributed by atoms with van der Waals surface area (Å²) >= 11 is 0. The average Bonchev–Trinajstić information content (AvgIpc) is 1.74. The molecule has 0 amide bonds. The maximum atomic E-state index is 12.2. The van der Waals surface area contributed by atoms with Crippen molar-refractivity contribution in [3.05, 3.63) is 276 Å². The Hall–Kier alpha value is -9.54. The number of halogens is 3. The third-order valence-corrected chi connectivity index (χ3v) is 15.9. The molecule has 0 saturated carbocycles. The Bertz CT molecular complexity index is 4340. The van der Waals surface area contributed by atoms with E-state index in [2.05, 4.69) is 267 Å². The second kappa shape index (κ2) is 22.3. The average molecular weight is 1280 g/mol. The number of rotatable bonds is 7. The maximum Gasteiger partial charge on any atom is 0.431 e. The van der Waals surface area contributed by atoms with Crippen molar-refractivity contribution in [2.45, 2.75) is 31.9 Å². The summed E-state index contributed by atoms with van der Waals surface area (Å²) in [6.45, 7) is 0. The van der Waals surface area contributed by atoms with Gasteiger partial charge < -0.3 is 28.5 Å². The Kier molecular flexibility index (Phi) is 14.3. The Balaban J connectivity index is 0.000000126. The molecule has 411 valence electrons. The van der Waals surface area contributed by atoms with Gasteiger partial charge in [0.1, 0.15) is 5.69 Å². The second-order valence-corrected chi connectivity index (χ2v) is 21.0. The largest absolute Gasteiger partial charge is 0.573 e. The summed E-state index contributed by atoms with van der Waals surface area (Å²) in [5.74, 6) is 0. The van der Waals surface area contributed by atoms with Gasteiger partial charge >= 0.3 is 6.18 Å². The Morgan fingerprint density at radius 2 is 0.964 bits per heavy atom.